The standard InChI is InChI=1S/C18H17N3O4/c1-11(22)20-9-16-17-21(18(23)25-16)10-14-8-13(2-3-15(14)24-17)12-4-6-19-7-5-12/h2-8,16-17H,9-10H2,1H3,(H,20,22)/t16-,17-/m0/s1. The van der Waals surface area contributed by atoms with Gasteiger partial charge in [0.1, 0.15) is 5.75 Å². The number of carbonyl (C=O) groups is 2. The topological polar surface area (TPSA) is 80.8 Å². The summed E-state index contributed by atoms with van der Waals surface area (Å²) in [5, 5.41) is 2.67. The molecule has 1 aromatic heterocycles. The Morgan fingerprint density at radius 3 is 2.80 bits per heavy atom. The molecule has 1 saturated heterocycles. The number of nitrogens with zero attached hydrogens (tertiary/aromatic N) is 2. The van der Waals surface area contributed by atoms with Crippen LogP contribution >= 0.6 is 0 Å². The molecular weight excluding hydrogens is 322 g/mol. The normalized spacial score (nSPS) is 21.0. The first-order chi connectivity index (χ1) is 12.1. The molecule has 7 heteroatoms. The molecule has 0 bridgehead atoms. The van der Waals surface area contributed by atoms with Crippen molar-refractivity contribution in [3.8, 4) is 16.9 Å². The number of hydrogen-bond donors (Lipinski definition) is 1. The highest BCUT2D eigenvalue weighted by atomic mass is 16.6. The average molecular weight is 339 g/mol. The molecule has 128 valence electrons. The summed E-state index contributed by atoms with van der Waals surface area (Å²) in [4.78, 5) is 28.8. The van der Waals surface area contributed by atoms with Gasteiger partial charge in [0.05, 0.1) is 13.1 Å². The highest BCUT2D eigenvalue weighted by Gasteiger charge is 2.46. The molecule has 2 aromatic rings. The molecule has 2 amide bonds. The van der Waals surface area contributed by atoms with Crippen LogP contribution in [0.4, 0.5) is 4.79 Å². The largest absolute Gasteiger partial charge is 0.466 e. The van der Waals surface area contributed by atoms with Crippen molar-refractivity contribution in [3.63, 3.8) is 0 Å². The molecule has 0 radical (unpaired) electrons. The molecule has 0 aliphatic carbocycles. The van der Waals surface area contributed by atoms with Crippen LogP contribution in [0.3, 0.4) is 0 Å². The van der Waals surface area contributed by atoms with Crippen molar-refractivity contribution >= 4 is 12.0 Å². The van der Waals surface area contributed by atoms with E-state index in [1.165, 1.54) is 6.92 Å². The van der Waals surface area contributed by atoms with Gasteiger partial charge in [-0.05, 0) is 35.4 Å². The van der Waals surface area contributed by atoms with E-state index in [1.54, 1.807) is 17.3 Å². The molecule has 1 N–H and O–H groups in total. The van der Waals surface area contributed by atoms with Crippen LogP contribution in [0.15, 0.2) is 42.7 Å². The van der Waals surface area contributed by atoms with Crippen LogP contribution in [0.5, 0.6) is 5.75 Å². The van der Waals surface area contributed by atoms with Gasteiger partial charge in [0.25, 0.3) is 0 Å². The number of nitrogens with one attached hydrogen (secondary N) is 1. The minimum Gasteiger partial charge on any atom is -0.466 e. The Labute approximate surface area is 144 Å². The summed E-state index contributed by atoms with van der Waals surface area (Å²) in [6, 6.07) is 9.75. The zero-order chi connectivity index (χ0) is 17.4. The lowest BCUT2D eigenvalue weighted by Crippen LogP contribution is -2.47. The van der Waals surface area contributed by atoms with Gasteiger partial charge in [0.15, 0.2) is 6.10 Å². The lowest BCUT2D eigenvalue weighted by atomic mass is 10.0. The smallest absolute Gasteiger partial charge is 0.413 e. The molecule has 3 heterocycles. The predicted molar refractivity (Wildman–Crippen MR) is 88.6 cm³/mol. The lowest BCUT2D eigenvalue weighted by molar-refractivity contribution is -0.119. The van der Waals surface area contributed by atoms with E-state index in [-0.39, 0.29) is 12.5 Å². The Kier molecular flexibility index (Phi) is 3.76. The van der Waals surface area contributed by atoms with Crippen LogP contribution in [0.2, 0.25) is 0 Å². The third-order valence-electron chi connectivity index (χ3n) is 4.33. The second-order valence-corrected chi connectivity index (χ2v) is 6.05. The van der Waals surface area contributed by atoms with Crippen molar-refractivity contribution in [3.05, 3.63) is 48.3 Å². The van der Waals surface area contributed by atoms with Crippen molar-refractivity contribution < 1.29 is 19.1 Å². The van der Waals surface area contributed by atoms with Crippen LogP contribution in [0.1, 0.15) is 12.5 Å². The monoisotopic (exact) mass is 339 g/mol. The molecule has 2 aliphatic heterocycles. The molecule has 2 atom stereocenters. The average Bonchev–Trinajstić information content (AvgIpc) is 2.93. The number of hydrogen-bond acceptors (Lipinski definition) is 5. The fraction of sp³-hybridized carbons (Fsp3) is 0.278. The second kappa shape index (κ2) is 6.08. The minimum atomic E-state index is -0.529. The first kappa shape index (κ1) is 15.4. The van der Waals surface area contributed by atoms with E-state index in [2.05, 4.69) is 10.3 Å². The number of cyclic esters (lactones) is 1. The summed E-state index contributed by atoms with van der Waals surface area (Å²) in [6.07, 6.45) is 2.00. The molecule has 1 aromatic carbocycles. The first-order valence-electron chi connectivity index (χ1n) is 8.03. The van der Waals surface area contributed by atoms with Crippen molar-refractivity contribution in [2.24, 2.45) is 0 Å². The number of aromatic nitrogens is 1. The Morgan fingerprint density at radius 2 is 2.04 bits per heavy atom. The van der Waals surface area contributed by atoms with Crippen LogP contribution in [-0.4, -0.2) is 40.8 Å². The Morgan fingerprint density at radius 1 is 1.24 bits per heavy atom. The summed E-state index contributed by atoms with van der Waals surface area (Å²) in [5.74, 6) is 0.554. The van der Waals surface area contributed by atoms with Crippen LogP contribution in [0, 0.1) is 0 Å². The minimum absolute atomic E-state index is 0.173. The van der Waals surface area contributed by atoms with E-state index in [0.717, 1.165) is 22.4 Å². The summed E-state index contributed by atoms with van der Waals surface area (Å²) in [6.45, 7) is 2.06. The van der Waals surface area contributed by atoms with Crippen LogP contribution < -0.4 is 10.1 Å². The maximum Gasteiger partial charge on any atom is 0.413 e. The summed E-state index contributed by atoms with van der Waals surface area (Å²) in [7, 11) is 0. The van der Waals surface area contributed by atoms with E-state index in [9.17, 15) is 9.59 Å². The van der Waals surface area contributed by atoms with E-state index < -0.39 is 18.4 Å². The van der Waals surface area contributed by atoms with Crippen molar-refractivity contribution in [1.29, 1.82) is 0 Å². The zero-order valence-electron chi connectivity index (χ0n) is 13.6. The number of benzene rings is 1. The highest BCUT2D eigenvalue weighted by molar-refractivity contribution is 5.74. The number of carbonyl (C=O) groups excluding carboxylic acids is 2. The number of pyridine rings is 1. The van der Waals surface area contributed by atoms with Gasteiger partial charge in [-0.25, -0.2) is 4.79 Å². The van der Waals surface area contributed by atoms with Gasteiger partial charge in [-0.2, -0.15) is 0 Å². The number of fused-ring (bicyclic) bond motifs is 2. The predicted octanol–water partition coefficient (Wildman–Crippen LogP) is 1.92. The quantitative estimate of drug-likeness (QED) is 0.924. The lowest BCUT2D eigenvalue weighted by Gasteiger charge is -2.31. The van der Waals surface area contributed by atoms with Gasteiger partial charge in [-0.1, -0.05) is 6.07 Å². The third kappa shape index (κ3) is 2.88. The Balaban J connectivity index is 1.59. The Hall–Kier alpha value is -3.09. The van der Waals surface area contributed by atoms with Crippen LogP contribution in [-0.2, 0) is 16.1 Å². The summed E-state index contributed by atoms with van der Waals surface area (Å²) in [5.41, 5.74) is 3.00. The fourth-order valence-corrected chi connectivity index (χ4v) is 3.10. The molecule has 25 heavy (non-hydrogen) atoms. The van der Waals surface area contributed by atoms with Gasteiger partial charge in [0, 0.05) is 24.9 Å². The fourth-order valence-electron chi connectivity index (χ4n) is 3.10. The number of rotatable bonds is 3. The first-order valence-corrected chi connectivity index (χ1v) is 8.03. The van der Waals surface area contributed by atoms with Crippen molar-refractivity contribution in [2.75, 3.05) is 6.54 Å². The summed E-state index contributed by atoms with van der Waals surface area (Å²) >= 11 is 0. The summed E-state index contributed by atoms with van der Waals surface area (Å²) < 4.78 is 11.3. The van der Waals surface area contributed by atoms with E-state index in [0.29, 0.717) is 6.54 Å². The van der Waals surface area contributed by atoms with Gasteiger partial charge >= 0.3 is 6.09 Å². The van der Waals surface area contributed by atoms with Gasteiger partial charge in [0.2, 0.25) is 12.1 Å². The molecule has 0 saturated carbocycles. The Bertz CT molecular complexity index is 824. The zero-order valence-corrected chi connectivity index (χ0v) is 13.6. The van der Waals surface area contributed by atoms with E-state index >= 15 is 0 Å². The SMILES string of the molecule is CC(=O)NC[C@@H]1OC(=O)N2Cc3cc(-c4ccncc4)ccc3O[C@@H]12. The second-order valence-electron chi connectivity index (χ2n) is 6.05. The molecule has 7 nitrogen and oxygen atoms in total. The van der Waals surface area contributed by atoms with Gasteiger partial charge in [-0.15, -0.1) is 0 Å². The molecule has 0 unspecified atom stereocenters. The highest BCUT2D eigenvalue weighted by Crippen LogP contribution is 2.36. The molecular formula is C18H17N3O4. The molecule has 0 spiro atoms. The van der Waals surface area contributed by atoms with Crippen molar-refractivity contribution in [1.82, 2.24) is 15.2 Å². The van der Waals surface area contributed by atoms with E-state index in [4.69, 9.17) is 9.47 Å². The van der Waals surface area contributed by atoms with E-state index in [1.807, 2.05) is 30.3 Å². The molecule has 1 fully saturated rings. The molecule has 2 aliphatic rings. The number of amides is 2. The van der Waals surface area contributed by atoms with Gasteiger partial charge in [-0.3, -0.25) is 14.7 Å². The maximum atomic E-state index is 12.1. The maximum absolute atomic E-state index is 12.1. The van der Waals surface area contributed by atoms with Crippen LogP contribution in [0.25, 0.3) is 11.1 Å². The molecule has 4 rings (SSSR count). The van der Waals surface area contributed by atoms with Crippen molar-refractivity contribution in [2.45, 2.75) is 25.8 Å². The number of ether oxygens (including phenoxy) is 2. The van der Waals surface area contributed by atoms with Gasteiger partial charge < -0.3 is 14.8 Å². The third-order valence-corrected chi connectivity index (χ3v) is 4.33.